The quantitative estimate of drug-likeness (QED) is 0.631. The third-order valence-corrected chi connectivity index (χ3v) is 6.99. The number of carbonyl (C=O) groups is 1. The van der Waals surface area contributed by atoms with Crippen molar-refractivity contribution in [2.24, 2.45) is 13.0 Å². The molecular weight excluding hydrogens is 404 g/mol. The van der Waals surface area contributed by atoms with Crippen molar-refractivity contribution in [3.63, 3.8) is 0 Å². The van der Waals surface area contributed by atoms with Crippen molar-refractivity contribution in [2.45, 2.75) is 45.2 Å². The lowest BCUT2D eigenvalue weighted by Gasteiger charge is -2.30. The predicted molar refractivity (Wildman–Crippen MR) is 126 cm³/mol. The first kappa shape index (κ1) is 20.5. The summed E-state index contributed by atoms with van der Waals surface area (Å²) in [5, 5.41) is 13.5. The number of carboxylic acids is 1. The molecular formula is C25H28N4O3. The van der Waals surface area contributed by atoms with Crippen molar-refractivity contribution in [1.29, 1.82) is 0 Å². The molecule has 1 saturated heterocycles. The number of para-hydroxylation sites is 1. The molecule has 1 aromatic heterocycles. The Labute approximate surface area is 186 Å². The van der Waals surface area contributed by atoms with E-state index in [0.29, 0.717) is 28.6 Å². The van der Waals surface area contributed by atoms with Crippen molar-refractivity contribution in [2.75, 3.05) is 16.8 Å². The fraction of sp³-hybridized carbons (Fsp3) is 0.400. The van der Waals surface area contributed by atoms with Crippen LogP contribution >= 0.6 is 0 Å². The SMILES string of the molecule is Cc1cc(C(C)Nc2ccccc2C(=O)O)c2nc(N3CC4CCC3C4)n(C)c(=O)c2c1. The maximum absolute atomic E-state index is 13.3. The predicted octanol–water partition coefficient (Wildman–Crippen LogP) is 4.10. The van der Waals surface area contributed by atoms with Crippen LogP contribution in [0, 0.1) is 12.8 Å². The van der Waals surface area contributed by atoms with Gasteiger partial charge in [-0.25, -0.2) is 9.78 Å². The zero-order chi connectivity index (χ0) is 22.6. The summed E-state index contributed by atoms with van der Waals surface area (Å²) in [6.07, 6.45) is 3.60. The molecule has 1 saturated carbocycles. The van der Waals surface area contributed by atoms with Gasteiger partial charge in [0.1, 0.15) is 0 Å². The van der Waals surface area contributed by atoms with Crippen LogP contribution < -0.4 is 15.8 Å². The van der Waals surface area contributed by atoms with E-state index >= 15 is 0 Å². The van der Waals surface area contributed by atoms with E-state index in [1.807, 2.05) is 39.1 Å². The van der Waals surface area contributed by atoms with E-state index in [9.17, 15) is 14.7 Å². The van der Waals surface area contributed by atoms with Gasteiger partial charge in [-0.1, -0.05) is 18.2 Å². The first-order valence-electron chi connectivity index (χ1n) is 11.2. The van der Waals surface area contributed by atoms with Crippen molar-refractivity contribution >= 4 is 28.5 Å². The van der Waals surface area contributed by atoms with Crippen LogP contribution in [0.25, 0.3) is 10.9 Å². The summed E-state index contributed by atoms with van der Waals surface area (Å²) >= 11 is 0. The highest BCUT2D eigenvalue weighted by Crippen LogP contribution is 2.39. The number of aromatic carboxylic acids is 1. The van der Waals surface area contributed by atoms with Gasteiger partial charge in [0, 0.05) is 30.9 Å². The normalized spacial score (nSPS) is 20.7. The van der Waals surface area contributed by atoms with Gasteiger partial charge in [0.05, 0.1) is 22.5 Å². The Bertz CT molecular complexity index is 1280. The highest BCUT2D eigenvalue weighted by molar-refractivity contribution is 5.94. The molecule has 3 atom stereocenters. The molecule has 5 rings (SSSR count). The summed E-state index contributed by atoms with van der Waals surface area (Å²) in [7, 11) is 1.81. The number of nitrogens with zero attached hydrogens (tertiary/aromatic N) is 3. The van der Waals surface area contributed by atoms with Gasteiger partial charge in [0.2, 0.25) is 5.95 Å². The topological polar surface area (TPSA) is 87.5 Å². The van der Waals surface area contributed by atoms with Gasteiger partial charge in [0.25, 0.3) is 5.56 Å². The number of benzene rings is 2. The average molecular weight is 433 g/mol. The van der Waals surface area contributed by atoms with Crippen molar-refractivity contribution in [3.05, 3.63) is 63.4 Å². The molecule has 32 heavy (non-hydrogen) atoms. The molecule has 2 aromatic carbocycles. The summed E-state index contributed by atoms with van der Waals surface area (Å²) in [5.74, 6) is 0.448. The maximum atomic E-state index is 13.3. The Morgan fingerprint density at radius 3 is 2.72 bits per heavy atom. The zero-order valence-electron chi connectivity index (χ0n) is 18.6. The van der Waals surface area contributed by atoms with Crippen molar-refractivity contribution in [3.8, 4) is 0 Å². The molecule has 0 spiro atoms. The van der Waals surface area contributed by atoms with E-state index in [-0.39, 0.29) is 17.2 Å². The molecule has 2 heterocycles. The second-order valence-corrected chi connectivity index (χ2v) is 9.23. The van der Waals surface area contributed by atoms with Gasteiger partial charge < -0.3 is 15.3 Å². The number of hydrogen-bond acceptors (Lipinski definition) is 5. The first-order chi connectivity index (χ1) is 15.3. The number of aromatic nitrogens is 2. The number of rotatable bonds is 5. The number of fused-ring (bicyclic) bond motifs is 3. The van der Waals surface area contributed by atoms with E-state index in [4.69, 9.17) is 4.98 Å². The molecule has 2 bridgehead atoms. The zero-order valence-corrected chi connectivity index (χ0v) is 18.6. The fourth-order valence-electron chi connectivity index (χ4n) is 5.40. The highest BCUT2D eigenvalue weighted by atomic mass is 16.4. The number of piperidine rings is 1. The molecule has 3 unspecified atom stereocenters. The number of anilines is 2. The van der Waals surface area contributed by atoms with Crippen LogP contribution in [0.4, 0.5) is 11.6 Å². The molecule has 0 amide bonds. The first-order valence-corrected chi connectivity index (χ1v) is 11.2. The lowest BCUT2D eigenvalue weighted by atomic mass is 10.0. The lowest BCUT2D eigenvalue weighted by Crippen LogP contribution is -2.37. The van der Waals surface area contributed by atoms with Crippen LogP contribution in [0.3, 0.4) is 0 Å². The largest absolute Gasteiger partial charge is 0.478 e. The number of nitrogens with one attached hydrogen (secondary N) is 1. The molecule has 166 valence electrons. The Kier molecular flexibility index (Phi) is 4.92. The summed E-state index contributed by atoms with van der Waals surface area (Å²) in [5.41, 5.74) is 3.26. The van der Waals surface area contributed by atoms with Crippen LogP contribution in [0.5, 0.6) is 0 Å². The van der Waals surface area contributed by atoms with E-state index < -0.39 is 5.97 Å². The van der Waals surface area contributed by atoms with Crippen molar-refractivity contribution in [1.82, 2.24) is 9.55 Å². The van der Waals surface area contributed by atoms with Crippen LogP contribution in [-0.2, 0) is 7.05 Å². The minimum atomic E-state index is -0.979. The summed E-state index contributed by atoms with van der Waals surface area (Å²) in [6.45, 7) is 4.90. The van der Waals surface area contributed by atoms with Gasteiger partial charge >= 0.3 is 5.97 Å². The third-order valence-electron chi connectivity index (χ3n) is 6.99. The fourth-order valence-corrected chi connectivity index (χ4v) is 5.40. The molecule has 7 nitrogen and oxygen atoms in total. The Hall–Kier alpha value is -3.35. The van der Waals surface area contributed by atoms with Gasteiger partial charge in [-0.15, -0.1) is 0 Å². The molecule has 2 fully saturated rings. The molecule has 3 aromatic rings. The molecule has 1 aliphatic carbocycles. The van der Waals surface area contributed by atoms with Crippen LogP contribution in [0.1, 0.15) is 53.7 Å². The minimum absolute atomic E-state index is 0.0455. The molecule has 1 aliphatic heterocycles. The van der Waals surface area contributed by atoms with E-state index in [1.165, 1.54) is 12.8 Å². The van der Waals surface area contributed by atoms with Gasteiger partial charge in [-0.3, -0.25) is 9.36 Å². The van der Waals surface area contributed by atoms with Crippen LogP contribution in [0.15, 0.2) is 41.2 Å². The molecule has 2 aliphatic rings. The van der Waals surface area contributed by atoms with Crippen LogP contribution in [0.2, 0.25) is 0 Å². The van der Waals surface area contributed by atoms with Crippen LogP contribution in [-0.4, -0.2) is 33.2 Å². The summed E-state index contributed by atoms with van der Waals surface area (Å²) < 4.78 is 1.68. The smallest absolute Gasteiger partial charge is 0.337 e. The van der Waals surface area contributed by atoms with Gasteiger partial charge in [-0.2, -0.15) is 0 Å². The maximum Gasteiger partial charge on any atom is 0.337 e. The van der Waals surface area contributed by atoms with Crippen molar-refractivity contribution < 1.29 is 9.90 Å². The summed E-state index contributed by atoms with van der Waals surface area (Å²) in [4.78, 5) is 32.3. The highest BCUT2D eigenvalue weighted by Gasteiger charge is 2.39. The van der Waals surface area contributed by atoms with E-state index in [1.54, 1.807) is 22.8 Å². The Morgan fingerprint density at radius 1 is 1.25 bits per heavy atom. The number of aryl methyl sites for hydroxylation is 1. The lowest BCUT2D eigenvalue weighted by molar-refractivity contribution is 0.0698. The van der Waals surface area contributed by atoms with E-state index in [0.717, 1.165) is 30.0 Å². The minimum Gasteiger partial charge on any atom is -0.478 e. The summed E-state index contributed by atoms with van der Waals surface area (Å²) in [6, 6.07) is 11.0. The standard InChI is InChI=1S/C25H28N4O3/c1-14-10-19(15(2)26-21-7-5-4-6-18(21)24(31)32)22-20(11-14)23(30)28(3)25(27-22)29-13-16-8-9-17(29)12-16/h4-7,10-11,15-17,26H,8-9,12-13H2,1-3H3,(H,31,32). The molecule has 7 heteroatoms. The Balaban J connectivity index is 1.61. The molecule has 0 radical (unpaired) electrons. The van der Waals surface area contributed by atoms with Gasteiger partial charge in [-0.05, 0) is 62.8 Å². The van der Waals surface area contributed by atoms with Gasteiger partial charge in [0.15, 0.2) is 0 Å². The van der Waals surface area contributed by atoms with E-state index in [2.05, 4.69) is 10.2 Å². The average Bonchev–Trinajstić information content (AvgIpc) is 3.40. The second kappa shape index (κ2) is 7.65. The molecule has 2 N–H and O–H groups in total. The number of carboxylic acid groups (broad SMARTS) is 1. The monoisotopic (exact) mass is 432 g/mol. The third kappa shape index (κ3) is 3.32. The second-order valence-electron chi connectivity index (χ2n) is 9.23. The Morgan fingerprint density at radius 2 is 2.03 bits per heavy atom. The number of hydrogen-bond donors (Lipinski definition) is 2.